The van der Waals surface area contributed by atoms with Crippen LogP contribution in [-0.4, -0.2) is 0 Å². The Morgan fingerprint density at radius 3 is 2.27 bits per heavy atom. The summed E-state index contributed by atoms with van der Waals surface area (Å²) in [4.78, 5) is 0. The van der Waals surface area contributed by atoms with E-state index in [1.807, 2.05) is 0 Å². The number of rotatable bonds is 1. The SMILES string of the molecule is C[C@@H](N)c1ccc(Cl)cc1C(F)(F)F.Cl. The van der Waals surface area contributed by atoms with Gasteiger partial charge in [-0.05, 0) is 24.6 Å². The molecule has 0 unspecified atom stereocenters. The Morgan fingerprint density at radius 2 is 1.87 bits per heavy atom. The van der Waals surface area contributed by atoms with Gasteiger partial charge in [0.15, 0.2) is 0 Å². The summed E-state index contributed by atoms with van der Waals surface area (Å²) < 4.78 is 37.4. The molecule has 15 heavy (non-hydrogen) atoms. The molecule has 1 nitrogen and oxygen atoms in total. The summed E-state index contributed by atoms with van der Waals surface area (Å²) in [6, 6.07) is 2.93. The molecule has 0 fully saturated rings. The predicted octanol–water partition coefficient (Wildman–Crippen LogP) is 3.80. The van der Waals surface area contributed by atoms with Crippen molar-refractivity contribution in [3.05, 3.63) is 34.3 Å². The summed E-state index contributed by atoms with van der Waals surface area (Å²) in [5, 5.41) is 0.0572. The molecule has 0 aliphatic rings. The number of alkyl halides is 3. The molecule has 86 valence electrons. The first-order valence-corrected chi connectivity index (χ1v) is 4.32. The number of hydrogen-bond acceptors (Lipinski definition) is 1. The monoisotopic (exact) mass is 259 g/mol. The van der Waals surface area contributed by atoms with E-state index in [0.717, 1.165) is 6.07 Å². The second-order valence-electron chi connectivity index (χ2n) is 3.02. The van der Waals surface area contributed by atoms with Crippen LogP contribution >= 0.6 is 24.0 Å². The minimum atomic E-state index is -4.41. The second kappa shape index (κ2) is 5.05. The van der Waals surface area contributed by atoms with Crippen molar-refractivity contribution in [1.29, 1.82) is 0 Å². The first-order valence-electron chi connectivity index (χ1n) is 3.94. The molecular formula is C9H10Cl2F3N. The molecule has 6 heteroatoms. The first kappa shape index (κ1) is 14.5. The van der Waals surface area contributed by atoms with Crippen LogP contribution in [-0.2, 0) is 6.18 Å². The molecule has 0 bridgehead atoms. The van der Waals surface area contributed by atoms with Crippen LogP contribution in [0.4, 0.5) is 13.2 Å². The molecule has 0 amide bonds. The molecule has 0 saturated heterocycles. The molecule has 0 saturated carbocycles. The maximum Gasteiger partial charge on any atom is 0.416 e. The first-order chi connectivity index (χ1) is 6.32. The summed E-state index contributed by atoms with van der Waals surface area (Å²) in [7, 11) is 0. The standard InChI is InChI=1S/C9H9ClF3N.ClH/c1-5(14)7-3-2-6(10)4-8(7)9(11,12)13;/h2-5H,14H2,1H3;1H/t5-;/m1./s1. The van der Waals surface area contributed by atoms with Crippen LogP contribution in [0, 0.1) is 0 Å². The Morgan fingerprint density at radius 1 is 1.33 bits per heavy atom. The second-order valence-corrected chi connectivity index (χ2v) is 3.45. The molecule has 0 radical (unpaired) electrons. The highest BCUT2D eigenvalue weighted by molar-refractivity contribution is 6.30. The molecule has 0 aromatic heterocycles. The molecule has 1 atom stereocenters. The Kier molecular flexibility index (Phi) is 4.90. The van der Waals surface area contributed by atoms with Gasteiger partial charge in [-0.15, -0.1) is 12.4 Å². The van der Waals surface area contributed by atoms with E-state index in [1.54, 1.807) is 0 Å². The van der Waals surface area contributed by atoms with Crippen molar-refractivity contribution in [1.82, 2.24) is 0 Å². The van der Waals surface area contributed by atoms with Crippen molar-refractivity contribution in [3.63, 3.8) is 0 Å². The fraction of sp³-hybridized carbons (Fsp3) is 0.333. The maximum absolute atomic E-state index is 12.5. The number of halogens is 5. The van der Waals surface area contributed by atoms with Gasteiger partial charge in [0.2, 0.25) is 0 Å². The Hall–Kier alpha value is -0.450. The summed E-state index contributed by atoms with van der Waals surface area (Å²) in [5.74, 6) is 0. The summed E-state index contributed by atoms with van der Waals surface area (Å²) in [5.41, 5.74) is 4.71. The topological polar surface area (TPSA) is 26.0 Å². The van der Waals surface area contributed by atoms with Crippen LogP contribution in [0.25, 0.3) is 0 Å². The van der Waals surface area contributed by atoms with Gasteiger partial charge in [0.25, 0.3) is 0 Å². The van der Waals surface area contributed by atoms with Crippen LogP contribution in [0.2, 0.25) is 5.02 Å². The summed E-state index contributed by atoms with van der Waals surface area (Å²) in [6.07, 6.45) is -4.41. The highest BCUT2D eigenvalue weighted by atomic mass is 35.5. The van der Waals surface area contributed by atoms with Gasteiger partial charge < -0.3 is 5.73 Å². The number of nitrogens with two attached hydrogens (primary N) is 1. The number of benzene rings is 1. The minimum Gasteiger partial charge on any atom is -0.324 e. The van der Waals surface area contributed by atoms with Gasteiger partial charge in [0.1, 0.15) is 0 Å². The normalized spacial score (nSPS) is 13.2. The van der Waals surface area contributed by atoms with Gasteiger partial charge in [-0.2, -0.15) is 13.2 Å². The van der Waals surface area contributed by atoms with Crippen LogP contribution in [0.3, 0.4) is 0 Å². The maximum atomic E-state index is 12.5. The molecule has 0 spiro atoms. The Bertz CT molecular complexity index is 337. The predicted molar refractivity (Wildman–Crippen MR) is 56.3 cm³/mol. The third kappa shape index (κ3) is 3.55. The van der Waals surface area contributed by atoms with Crippen molar-refractivity contribution in [2.45, 2.75) is 19.1 Å². The van der Waals surface area contributed by atoms with E-state index in [2.05, 4.69) is 0 Å². The molecule has 1 aromatic rings. The third-order valence-corrected chi connectivity index (χ3v) is 2.05. The van der Waals surface area contributed by atoms with Crippen molar-refractivity contribution in [3.8, 4) is 0 Å². The smallest absolute Gasteiger partial charge is 0.324 e. The lowest BCUT2D eigenvalue weighted by Gasteiger charge is -2.15. The zero-order valence-electron chi connectivity index (χ0n) is 7.81. The summed E-state index contributed by atoms with van der Waals surface area (Å²) in [6.45, 7) is 1.50. The highest BCUT2D eigenvalue weighted by Crippen LogP contribution is 2.35. The highest BCUT2D eigenvalue weighted by Gasteiger charge is 2.34. The van der Waals surface area contributed by atoms with Crippen LogP contribution in [0.15, 0.2) is 18.2 Å². The zero-order chi connectivity index (χ0) is 10.9. The lowest BCUT2D eigenvalue weighted by atomic mass is 10.0. The summed E-state index contributed by atoms with van der Waals surface area (Å²) >= 11 is 5.49. The zero-order valence-corrected chi connectivity index (χ0v) is 9.38. The van der Waals surface area contributed by atoms with E-state index in [1.165, 1.54) is 19.1 Å². The molecule has 2 N–H and O–H groups in total. The fourth-order valence-electron chi connectivity index (χ4n) is 1.17. The van der Waals surface area contributed by atoms with Crippen LogP contribution < -0.4 is 5.73 Å². The van der Waals surface area contributed by atoms with Crippen molar-refractivity contribution in [2.24, 2.45) is 5.73 Å². The quantitative estimate of drug-likeness (QED) is 0.816. The fourth-order valence-corrected chi connectivity index (χ4v) is 1.34. The van der Waals surface area contributed by atoms with Crippen molar-refractivity contribution in [2.75, 3.05) is 0 Å². The van der Waals surface area contributed by atoms with Crippen LogP contribution in [0.5, 0.6) is 0 Å². The Labute approximate surface area is 96.8 Å². The van der Waals surface area contributed by atoms with Crippen molar-refractivity contribution >= 4 is 24.0 Å². The molecule has 0 aliphatic heterocycles. The lowest BCUT2D eigenvalue weighted by molar-refractivity contribution is -0.138. The van der Waals surface area contributed by atoms with Gasteiger partial charge >= 0.3 is 6.18 Å². The average Bonchev–Trinajstić information content (AvgIpc) is 2.01. The average molecular weight is 260 g/mol. The van der Waals surface area contributed by atoms with E-state index in [9.17, 15) is 13.2 Å². The van der Waals surface area contributed by atoms with Gasteiger partial charge in [-0.1, -0.05) is 17.7 Å². The van der Waals surface area contributed by atoms with Crippen LogP contribution in [0.1, 0.15) is 24.1 Å². The Balaban J connectivity index is 0.00000196. The molecule has 0 heterocycles. The number of hydrogen-bond donors (Lipinski definition) is 1. The van der Waals surface area contributed by atoms with Gasteiger partial charge in [0.05, 0.1) is 5.56 Å². The van der Waals surface area contributed by atoms with E-state index in [0.29, 0.717) is 0 Å². The van der Waals surface area contributed by atoms with Gasteiger partial charge in [0, 0.05) is 11.1 Å². The van der Waals surface area contributed by atoms with Gasteiger partial charge in [-0.25, -0.2) is 0 Å². The van der Waals surface area contributed by atoms with Crippen molar-refractivity contribution < 1.29 is 13.2 Å². The minimum absolute atomic E-state index is 0. The van der Waals surface area contributed by atoms with E-state index in [4.69, 9.17) is 17.3 Å². The molecular weight excluding hydrogens is 250 g/mol. The van der Waals surface area contributed by atoms with E-state index in [-0.39, 0.29) is 23.0 Å². The molecule has 0 aliphatic carbocycles. The van der Waals surface area contributed by atoms with E-state index >= 15 is 0 Å². The lowest BCUT2D eigenvalue weighted by Crippen LogP contribution is -2.15. The largest absolute Gasteiger partial charge is 0.416 e. The molecule has 1 aromatic carbocycles. The third-order valence-electron chi connectivity index (χ3n) is 1.81. The van der Waals surface area contributed by atoms with E-state index < -0.39 is 17.8 Å². The van der Waals surface area contributed by atoms with Gasteiger partial charge in [-0.3, -0.25) is 0 Å². The molecule has 1 rings (SSSR count).